The van der Waals surface area contributed by atoms with Crippen LogP contribution in [0.15, 0.2) is 24.3 Å². The minimum Gasteiger partial charge on any atom is -0.399 e. The highest BCUT2D eigenvalue weighted by Gasteiger charge is 2.54. The molecule has 2 aromatic carbocycles. The first-order chi connectivity index (χ1) is 23.7. The lowest BCUT2D eigenvalue weighted by Gasteiger charge is -2.41. The van der Waals surface area contributed by atoms with Gasteiger partial charge >= 0.3 is 14.2 Å². The van der Waals surface area contributed by atoms with Crippen LogP contribution in [0, 0.1) is 0 Å². The van der Waals surface area contributed by atoms with E-state index in [9.17, 15) is 9.59 Å². The second kappa shape index (κ2) is 12.7. The smallest absolute Gasteiger partial charge is 0.399 e. The Morgan fingerprint density at radius 2 is 0.962 bits per heavy atom. The molecule has 0 saturated carbocycles. The molecule has 1 N–H and O–H groups in total. The van der Waals surface area contributed by atoms with Crippen LogP contribution in [0.5, 0.6) is 0 Å². The van der Waals surface area contributed by atoms with Crippen LogP contribution < -0.4 is 21.1 Å². The van der Waals surface area contributed by atoms with Gasteiger partial charge in [0.1, 0.15) is 0 Å². The monoisotopic (exact) mass is 729 g/mol. The van der Waals surface area contributed by atoms with Crippen molar-refractivity contribution in [3.8, 4) is 0 Å². The maximum atomic E-state index is 12.6. The summed E-state index contributed by atoms with van der Waals surface area (Å²) < 4.78 is 25.2. The van der Waals surface area contributed by atoms with Gasteiger partial charge in [-0.1, -0.05) is 93.5 Å². The summed E-state index contributed by atoms with van der Waals surface area (Å²) in [6.07, 6.45) is 0.989. The normalized spacial score (nSPS) is 23.6. The number of rotatable bonds is 2. The van der Waals surface area contributed by atoms with E-state index in [-0.39, 0.29) is 55.9 Å². The van der Waals surface area contributed by atoms with E-state index < -0.39 is 14.2 Å². The van der Waals surface area contributed by atoms with Gasteiger partial charge in [-0.05, 0) is 99.4 Å². The van der Waals surface area contributed by atoms with Crippen LogP contribution in [0.25, 0.3) is 0 Å². The van der Waals surface area contributed by atoms with Crippen molar-refractivity contribution in [2.24, 2.45) is 0 Å². The van der Waals surface area contributed by atoms with E-state index in [1.54, 1.807) is 0 Å². The van der Waals surface area contributed by atoms with E-state index in [4.69, 9.17) is 18.6 Å². The molecule has 2 aromatic rings. The van der Waals surface area contributed by atoms with Gasteiger partial charge in [-0.15, -0.1) is 0 Å². The molecule has 0 aromatic heterocycles. The predicted octanol–water partition coefficient (Wildman–Crippen LogP) is 7.83. The Hall–Kier alpha value is -2.65. The molecule has 0 unspecified atom stereocenters. The maximum Gasteiger partial charge on any atom is 0.494 e. The summed E-state index contributed by atoms with van der Waals surface area (Å²) in [5, 5.41) is 3.12. The fourth-order valence-corrected chi connectivity index (χ4v) is 7.66. The van der Waals surface area contributed by atoms with Crippen molar-refractivity contribution < 1.29 is 28.2 Å². The second-order valence-corrected chi connectivity index (χ2v) is 21.3. The highest BCUT2D eigenvalue weighted by Crippen LogP contribution is 2.46. The van der Waals surface area contributed by atoms with E-state index in [2.05, 4.69) is 154 Å². The molecule has 8 nitrogen and oxygen atoms in total. The molecular formula is C43H66B2N2O6. The molecule has 4 heterocycles. The molecule has 290 valence electrons. The van der Waals surface area contributed by atoms with E-state index in [0.29, 0.717) is 12.8 Å². The minimum absolute atomic E-state index is 0.0800. The lowest BCUT2D eigenvalue weighted by Crippen LogP contribution is -2.44. The van der Waals surface area contributed by atoms with Gasteiger partial charge in [0.2, 0.25) is 11.8 Å². The zero-order valence-electron chi connectivity index (χ0n) is 36.3. The molecule has 6 rings (SSSR count). The van der Waals surface area contributed by atoms with Crippen molar-refractivity contribution in [3.63, 3.8) is 0 Å². The Morgan fingerprint density at radius 3 is 1.38 bits per heavy atom. The number of hydrogen-bond donors (Lipinski definition) is 1. The lowest BCUT2D eigenvalue weighted by atomic mass is 9.68. The number of hydrogen-bond acceptors (Lipinski definition) is 6. The molecule has 53 heavy (non-hydrogen) atoms. The molecular weight excluding hydrogens is 662 g/mol. The molecule has 0 radical (unpaired) electrons. The number of nitrogens with zero attached hydrogens (tertiary/aromatic N) is 1. The fraction of sp³-hybridized carbons (Fsp3) is 0.674. The molecule has 10 heteroatoms. The zero-order valence-corrected chi connectivity index (χ0v) is 36.3. The second-order valence-electron chi connectivity index (χ2n) is 21.3. The van der Waals surface area contributed by atoms with Crippen LogP contribution >= 0.6 is 0 Å². The van der Waals surface area contributed by atoms with Crippen molar-refractivity contribution in [1.82, 2.24) is 0 Å². The Kier molecular flexibility index (Phi) is 9.94. The first-order valence-electron chi connectivity index (χ1n) is 19.4. The van der Waals surface area contributed by atoms with E-state index >= 15 is 0 Å². The highest BCUT2D eigenvalue weighted by atomic mass is 16.7. The van der Waals surface area contributed by atoms with Crippen LogP contribution in [0.1, 0.15) is 160 Å². The zero-order chi connectivity index (χ0) is 40.3. The Bertz CT molecular complexity index is 1750. The van der Waals surface area contributed by atoms with Crippen LogP contribution in [0.4, 0.5) is 11.4 Å². The number of carbonyl (C=O) groups excluding carboxylic acids is 2. The molecule has 2 amide bonds. The van der Waals surface area contributed by atoms with Crippen molar-refractivity contribution in [3.05, 3.63) is 46.5 Å². The van der Waals surface area contributed by atoms with E-state index in [1.165, 1.54) is 5.56 Å². The maximum absolute atomic E-state index is 12.6. The van der Waals surface area contributed by atoms with Gasteiger partial charge in [0.15, 0.2) is 0 Å². The number of amides is 2. The van der Waals surface area contributed by atoms with Crippen molar-refractivity contribution in [2.75, 3.05) is 17.3 Å². The Morgan fingerprint density at radius 1 is 0.585 bits per heavy atom. The van der Waals surface area contributed by atoms with Gasteiger partial charge in [0.05, 0.1) is 28.1 Å². The topological polar surface area (TPSA) is 86.3 Å². The van der Waals surface area contributed by atoms with Gasteiger partial charge in [-0.25, -0.2) is 0 Å². The summed E-state index contributed by atoms with van der Waals surface area (Å²) in [4.78, 5) is 26.7. The molecule has 4 aliphatic rings. The van der Waals surface area contributed by atoms with E-state index in [1.807, 2.05) is 11.9 Å². The molecule has 4 aliphatic heterocycles. The van der Waals surface area contributed by atoms with Crippen LogP contribution in [0.2, 0.25) is 0 Å². The van der Waals surface area contributed by atoms with Crippen molar-refractivity contribution in [2.45, 2.75) is 182 Å². The quantitative estimate of drug-likeness (QED) is 0.318. The van der Waals surface area contributed by atoms with Crippen molar-refractivity contribution in [1.29, 1.82) is 0 Å². The SMILES string of the molecule is CC(C)(C)c1cc(B2OC(C)(C)C(C)(C)O2)cc2c1NC(=O)CC2(C)C.CN1C(=O)CC(C)(C)c2cc(B3OC(C)(C)C(C)(C)O3)cc(C(C)(C)C)c21. The van der Waals surface area contributed by atoms with Crippen LogP contribution in [-0.4, -0.2) is 55.5 Å². The Labute approximate surface area is 321 Å². The van der Waals surface area contributed by atoms with Gasteiger partial charge in [-0.2, -0.15) is 0 Å². The molecule has 0 bridgehead atoms. The van der Waals surface area contributed by atoms with Crippen LogP contribution in [0.3, 0.4) is 0 Å². The molecule has 0 aliphatic carbocycles. The third-order valence-corrected chi connectivity index (χ3v) is 12.6. The first kappa shape index (κ1) is 41.5. The summed E-state index contributed by atoms with van der Waals surface area (Å²) in [5.41, 5.74) is 6.54. The summed E-state index contributed by atoms with van der Waals surface area (Å²) >= 11 is 0. The minimum atomic E-state index is -0.403. The fourth-order valence-electron chi connectivity index (χ4n) is 7.66. The van der Waals surface area contributed by atoms with Gasteiger partial charge < -0.3 is 28.8 Å². The predicted molar refractivity (Wildman–Crippen MR) is 219 cm³/mol. The standard InChI is InChI=1S/C22H34BNO3.C21H32BNO3/c1-19(2,3)15-11-14(23-26-21(6,7)22(8,9)27-23)12-16-18(15)24(10)17(25)13-20(16,4)5;1-18(2,3)14-10-13(22-25-20(6,7)21(8,9)26-22)11-15-17(14)23-16(24)12-19(15,4)5/h11-12H,13H2,1-10H3;10-11H,12H2,1-9H3,(H,23,24). The highest BCUT2D eigenvalue weighted by molar-refractivity contribution is 6.62. The molecule has 0 spiro atoms. The van der Waals surface area contributed by atoms with Crippen LogP contribution in [-0.2, 0) is 49.9 Å². The number of nitrogens with one attached hydrogen (secondary N) is 1. The number of carbonyl (C=O) groups is 2. The summed E-state index contributed by atoms with van der Waals surface area (Å²) in [6, 6.07) is 8.66. The number of benzene rings is 2. The first-order valence-corrected chi connectivity index (χ1v) is 19.4. The Balaban J connectivity index is 0.000000204. The van der Waals surface area contributed by atoms with E-state index in [0.717, 1.165) is 39.0 Å². The lowest BCUT2D eigenvalue weighted by molar-refractivity contribution is -0.120. The molecule has 2 saturated heterocycles. The summed E-state index contributed by atoms with van der Waals surface area (Å²) in [7, 11) is 1.08. The summed E-state index contributed by atoms with van der Waals surface area (Å²) in [5.74, 6) is 0.248. The molecule has 2 fully saturated rings. The number of anilines is 2. The third-order valence-electron chi connectivity index (χ3n) is 12.6. The average molecular weight is 729 g/mol. The third kappa shape index (κ3) is 7.51. The number of fused-ring (bicyclic) bond motifs is 2. The molecule has 0 atom stereocenters. The van der Waals surface area contributed by atoms with Gasteiger partial charge in [0, 0.05) is 36.4 Å². The largest absolute Gasteiger partial charge is 0.494 e. The average Bonchev–Trinajstić information content (AvgIpc) is 3.33. The van der Waals surface area contributed by atoms with Gasteiger partial charge in [0.25, 0.3) is 0 Å². The van der Waals surface area contributed by atoms with Crippen molar-refractivity contribution >= 4 is 48.4 Å². The summed E-state index contributed by atoms with van der Waals surface area (Å²) in [6.45, 7) is 38.2. The van der Waals surface area contributed by atoms with Gasteiger partial charge in [-0.3, -0.25) is 9.59 Å².